The molecule has 1 aromatic carbocycles. The van der Waals surface area contributed by atoms with Gasteiger partial charge in [-0.3, -0.25) is 9.59 Å². The highest BCUT2D eigenvalue weighted by Crippen LogP contribution is 2.35. The van der Waals surface area contributed by atoms with Crippen LogP contribution in [0.3, 0.4) is 0 Å². The number of hydrogen-bond donors (Lipinski definition) is 2. The summed E-state index contributed by atoms with van der Waals surface area (Å²) in [6.45, 7) is 0.301. The highest BCUT2D eigenvalue weighted by molar-refractivity contribution is 8.03. The monoisotopic (exact) mass is 367 g/mol. The fourth-order valence-corrected chi connectivity index (χ4v) is 3.60. The van der Waals surface area contributed by atoms with Crippen molar-refractivity contribution in [2.75, 3.05) is 5.75 Å². The molecule has 1 atom stereocenters. The zero-order chi connectivity index (χ0) is 18.4. The Labute approximate surface area is 155 Å². The van der Waals surface area contributed by atoms with Crippen molar-refractivity contribution >= 4 is 23.6 Å². The molecule has 2 aromatic rings. The van der Waals surface area contributed by atoms with Crippen molar-refractivity contribution in [1.29, 1.82) is 5.26 Å². The number of rotatable bonds is 6. The summed E-state index contributed by atoms with van der Waals surface area (Å²) in [5.74, 6) is 0.117. The summed E-state index contributed by atoms with van der Waals surface area (Å²) in [7, 11) is 0. The molecule has 0 aliphatic carbocycles. The van der Waals surface area contributed by atoms with E-state index in [0.717, 1.165) is 17.3 Å². The van der Waals surface area contributed by atoms with Crippen LogP contribution in [-0.2, 0) is 16.1 Å². The number of nitriles is 1. The predicted molar refractivity (Wildman–Crippen MR) is 97.6 cm³/mol. The van der Waals surface area contributed by atoms with Gasteiger partial charge in [0.05, 0.1) is 35.2 Å². The number of allylic oxidation sites excluding steroid dienone is 1. The van der Waals surface area contributed by atoms with Gasteiger partial charge >= 0.3 is 0 Å². The average Bonchev–Trinajstić information content (AvgIpc) is 3.18. The first kappa shape index (κ1) is 17.8. The molecule has 26 heavy (non-hydrogen) atoms. The molecule has 2 N–H and O–H groups in total. The Kier molecular flexibility index (Phi) is 5.77. The first-order valence-electron chi connectivity index (χ1n) is 8.08. The molecular formula is C19H17N3O3S. The van der Waals surface area contributed by atoms with Crippen molar-refractivity contribution < 1.29 is 14.0 Å². The zero-order valence-electron chi connectivity index (χ0n) is 13.9. The smallest absolute Gasteiger partial charge is 0.230 e. The highest BCUT2D eigenvalue weighted by atomic mass is 32.2. The number of nitrogens with zero attached hydrogens (tertiary/aromatic N) is 1. The van der Waals surface area contributed by atoms with Gasteiger partial charge in [0.2, 0.25) is 11.8 Å². The summed E-state index contributed by atoms with van der Waals surface area (Å²) in [5.41, 5.74) is 1.40. The van der Waals surface area contributed by atoms with Crippen molar-refractivity contribution in [3.05, 3.63) is 70.7 Å². The van der Waals surface area contributed by atoms with Crippen LogP contribution in [0.1, 0.15) is 23.7 Å². The standard InChI is InChI=1S/C19H17N3O3S/c20-10-16-15(13-5-2-1-3-6-13)9-17(23)22-19(16)26-12-18(24)21-11-14-7-4-8-25-14/h1-8,15H,9,11-12H2,(H,21,24)(H,22,23)/t15-/m0/s1. The summed E-state index contributed by atoms with van der Waals surface area (Å²) in [6.07, 6.45) is 1.77. The lowest BCUT2D eigenvalue weighted by Gasteiger charge is -2.25. The third-order valence-electron chi connectivity index (χ3n) is 3.95. The van der Waals surface area contributed by atoms with Gasteiger partial charge in [-0.05, 0) is 17.7 Å². The van der Waals surface area contributed by atoms with Gasteiger partial charge in [-0.2, -0.15) is 5.26 Å². The van der Waals surface area contributed by atoms with Gasteiger partial charge in [0.25, 0.3) is 0 Å². The summed E-state index contributed by atoms with van der Waals surface area (Å²) in [5, 5.41) is 15.5. The molecule has 2 amide bonds. The zero-order valence-corrected chi connectivity index (χ0v) is 14.7. The molecule has 6 nitrogen and oxygen atoms in total. The van der Waals surface area contributed by atoms with Gasteiger partial charge in [0, 0.05) is 12.3 Å². The maximum absolute atomic E-state index is 12.1. The van der Waals surface area contributed by atoms with E-state index in [1.54, 1.807) is 18.4 Å². The summed E-state index contributed by atoms with van der Waals surface area (Å²) < 4.78 is 5.16. The van der Waals surface area contributed by atoms with E-state index < -0.39 is 0 Å². The summed E-state index contributed by atoms with van der Waals surface area (Å²) >= 11 is 1.16. The lowest BCUT2D eigenvalue weighted by atomic mass is 9.87. The van der Waals surface area contributed by atoms with Gasteiger partial charge in [-0.1, -0.05) is 42.1 Å². The number of furan rings is 1. The second kappa shape index (κ2) is 8.41. The molecule has 7 heteroatoms. The average molecular weight is 367 g/mol. The lowest BCUT2D eigenvalue weighted by Crippen LogP contribution is -2.32. The molecule has 0 radical (unpaired) electrons. The van der Waals surface area contributed by atoms with E-state index in [2.05, 4.69) is 16.7 Å². The molecule has 0 unspecified atom stereocenters. The van der Waals surface area contributed by atoms with E-state index in [9.17, 15) is 14.9 Å². The first-order chi connectivity index (χ1) is 12.7. The van der Waals surface area contributed by atoms with Crippen molar-refractivity contribution in [3.8, 4) is 6.07 Å². The topological polar surface area (TPSA) is 95.1 Å². The molecule has 132 valence electrons. The molecule has 2 heterocycles. The SMILES string of the molecule is N#CC1=C(SCC(=O)NCc2ccco2)NC(=O)C[C@H]1c1ccccc1. The molecule has 0 fully saturated rings. The Morgan fingerprint density at radius 3 is 2.81 bits per heavy atom. The predicted octanol–water partition coefficient (Wildman–Crippen LogP) is 2.67. The van der Waals surface area contributed by atoms with E-state index >= 15 is 0 Å². The van der Waals surface area contributed by atoms with Crippen molar-refractivity contribution in [2.45, 2.75) is 18.9 Å². The van der Waals surface area contributed by atoms with Gasteiger partial charge in [-0.25, -0.2) is 0 Å². The van der Waals surface area contributed by atoms with Crippen LogP contribution in [0.4, 0.5) is 0 Å². The van der Waals surface area contributed by atoms with Crippen LogP contribution in [0.2, 0.25) is 0 Å². The number of amides is 2. The van der Waals surface area contributed by atoms with E-state index in [0.29, 0.717) is 22.9 Å². The summed E-state index contributed by atoms with van der Waals surface area (Å²) in [4.78, 5) is 24.1. The van der Waals surface area contributed by atoms with Gasteiger partial charge in [-0.15, -0.1) is 0 Å². The molecule has 1 aliphatic rings. The molecule has 3 rings (SSSR count). The normalized spacial score (nSPS) is 16.7. The Hall–Kier alpha value is -2.98. The number of hydrogen-bond acceptors (Lipinski definition) is 5. The van der Waals surface area contributed by atoms with E-state index in [4.69, 9.17) is 4.42 Å². The Morgan fingerprint density at radius 1 is 1.31 bits per heavy atom. The van der Waals surface area contributed by atoms with E-state index in [1.807, 2.05) is 30.3 Å². The lowest BCUT2D eigenvalue weighted by molar-refractivity contribution is -0.121. The Balaban J connectivity index is 1.68. The van der Waals surface area contributed by atoms with Crippen LogP contribution in [0.25, 0.3) is 0 Å². The number of benzene rings is 1. The minimum Gasteiger partial charge on any atom is -0.467 e. The molecule has 0 bridgehead atoms. The number of nitrogens with one attached hydrogen (secondary N) is 2. The van der Waals surface area contributed by atoms with Crippen molar-refractivity contribution in [3.63, 3.8) is 0 Å². The third-order valence-corrected chi connectivity index (χ3v) is 4.96. The summed E-state index contributed by atoms with van der Waals surface area (Å²) in [6, 6.07) is 15.2. The fourth-order valence-electron chi connectivity index (χ4n) is 2.69. The van der Waals surface area contributed by atoms with E-state index in [-0.39, 0.29) is 29.9 Å². The number of carbonyl (C=O) groups excluding carboxylic acids is 2. The molecule has 1 aliphatic heterocycles. The maximum Gasteiger partial charge on any atom is 0.230 e. The van der Waals surface area contributed by atoms with Crippen LogP contribution in [0, 0.1) is 11.3 Å². The molecule has 0 spiro atoms. The molecule has 0 saturated carbocycles. The minimum absolute atomic E-state index is 0.100. The largest absolute Gasteiger partial charge is 0.467 e. The van der Waals surface area contributed by atoms with Gasteiger partial charge in [0.15, 0.2) is 0 Å². The van der Waals surface area contributed by atoms with E-state index in [1.165, 1.54) is 0 Å². The molecule has 1 aromatic heterocycles. The van der Waals surface area contributed by atoms with Crippen LogP contribution in [0.15, 0.2) is 63.7 Å². The quantitative estimate of drug-likeness (QED) is 0.818. The van der Waals surface area contributed by atoms with Crippen LogP contribution < -0.4 is 10.6 Å². The van der Waals surface area contributed by atoms with Gasteiger partial charge in [0.1, 0.15) is 5.76 Å². The fraction of sp³-hybridized carbons (Fsp3) is 0.211. The van der Waals surface area contributed by atoms with Crippen molar-refractivity contribution in [2.24, 2.45) is 0 Å². The number of thioether (sulfide) groups is 1. The van der Waals surface area contributed by atoms with Crippen LogP contribution in [-0.4, -0.2) is 17.6 Å². The van der Waals surface area contributed by atoms with Crippen molar-refractivity contribution in [1.82, 2.24) is 10.6 Å². The Morgan fingerprint density at radius 2 is 2.12 bits per heavy atom. The Bertz CT molecular complexity index is 854. The minimum atomic E-state index is -0.288. The maximum atomic E-state index is 12.1. The second-order valence-electron chi connectivity index (χ2n) is 5.71. The van der Waals surface area contributed by atoms with Gasteiger partial charge < -0.3 is 15.1 Å². The first-order valence-corrected chi connectivity index (χ1v) is 9.07. The highest BCUT2D eigenvalue weighted by Gasteiger charge is 2.29. The van der Waals surface area contributed by atoms with Crippen LogP contribution in [0.5, 0.6) is 0 Å². The molecule has 0 saturated heterocycles. The molecular weight excluding hydrogens is 350 g/mol. The second-order valence-corrected chi connectivity index (χ2v) is 6.70. The third kappa shape index (κ3) is 4.35. The van der Waals surface area contributed by atoms with Crippen LogP contribution >= 0.6 is 11.8 Å². The number of carbonyl (C=O) groups is 2.